The number of carbonyl (C=O) groups excluding carboxylic acids is 1. The van der Waals surface area contributed by atoms with E-state index in [0.29, 0.717) is 19.7 Å². The van der Waals surface area contributed by atoms with Gasteiger partial charge in [0, 0.05) is 6.54 Å². The molecule has 0 saturated heterocycles. The number of rotatable bonds is 5. The first-order valence-corrected chi connectivity index (χ1v) is 7.98. The summed E-state index contributed by atoms with van der Waals surface area (Å²) in [5, 5.41) is 3.18. The smallest absolute Gasteiger partial charge is 0.246 e. The summed E-state index contributed by atoms with van der Waals surface area (Å²) in [7, 11) is 0. The molecule has 2 aromatic carbocycles. The summed E-state index contributed by atoms with van der Waals surface area (Å²) in [6, 6.07) is 14.1. The maximum Gasteiger partial charge on any atom is 0.246 e. The van der Waals surface area contributed by atoms with Crippen LogP contribution >= 0.6 is 0 Å². The van der Waals surface area contributed by atoms with E-state index in [-0.39, 0.29) is 5.91 Å². The van der Waals surface area contributed by atoms with Crippen molar-refractivity contribution in [1.29, 1.82) is 0 Å². The molecule has 1 aliphatic heterocycles. The van der Waals surface area contributed by atoms with Gasteiger partial charge in [0.2, 0.25) is 5.91 Å². The maximum absolute atomic E-state index is 12.2. The highest BCUT2D eigenvalue weighted by atomic mass is 16.5. The van der Waals surface area contributed by atoms with Gasteiger partial charge in [0.05, 0.1) is 24.5 Å². The van der Waals surface area contributed by atoms with Crippen LogP contribution in [0, 0.1) is 13.8 Å². The molecule has 0 saturated carbocycles. The SMILES string of the molecule is Cc1ccc(OCCCN2C(=O)CNc3cc(C)ccc32)cc1. The molecule has 0 radical (unpaired) electrons. The topological polar surface area (TPSA) is 41.6 Å². The molecular weight excluding hydrogens is 288 g/mol. The zero-order chi connectivity index (χ0) is 16.2. The fraction of sp³-hybridized carbons (Fsp3) is 0.316. The molecule has 0 bridgehead atoms. The second kappa shape index (κ2) is 6.73. The molecule has 120 valence electrons. The average molecular weight is 310 g/mol. The molecule has 4 heteroatoms. The largest absolute Gasteiger partial charge is 0.494 e. The number of hydrogen-bond acceptors (Lipinski definition) is 3. The van der Waals surface area contributed by atoms with Gasteiger partial charge in [-0.15, -0.1) is 0 Å². The first-order chi connectivity index (χ1) is 11.1. The van der Waals surface area contributed by atoms with Gasteiger partial charge in [-0.05, 0) is 50.1 Å². The van der Waals surface area contributed by atoms with Gasteiger partial charge in [0.15, 0.2) is 0 Å². The van der Waals surface area contributed by atoms with Crippen molar-refractivity contribution in [2.45, 2.75) is 20.3 Å². The molecule has 0 aliphatic carbocycles. The van der Waals surface area contributed by atoms with Crippen LogP contribution in [0.15, 0.2) is 42.5 Å². The molecule has 0 fully saturated rings. The van der Waals surface area contributed by atoms with Gasteiger partial charge in [-0.1, -0.05) is 23.8 Å². The van der Waals surface area contributed by atoms with Crippen LogP contribution in [0.5, 0.6) is 5.75 Å². The lowest BCUT2D eigenvalue weighted by Gasteiger charge is -2.30. The van der Waals surface area contributed by atoms with Crippen LogP contribution in [0.25, 0.3) is 0 Å². The molecular formula is C19H22N2O2. The highest BCUT2D eigenvalue weighted by Crippen LogP contribution is 2.30. The molecule has 0 spiro atoms. The monoisotopic (exact) mass is 310 g/mol. The third-order valence-corrected chi connectivity index (χ3v) is 3.99. The van der Waals surface area contributed by atoms with Gasteiger partial charge in [0.1, 0.15) is 5.75 Å². The number of carbonyl (C=O) groups is 1. The second-order valence-corrected chi connectivity index (χ2v) is 5.93. The molecule has 0 unspecified atom stereocenters. The predicted molar refractivity (Wildman–Crippen MR) is 93.3 cm³/mol. The molecule has 23 heavy (non-hydrogen) atoms. The van der Waals surface area contributed by atoms with E-state index in [1.165, 1.54) is 11.1 Å². The number of nitrogens with zero attached hydrogens (tertiary/aromatic N) is 1. The quantitative estimate of drug-likeness (QED) is 0.859. The number of hydrogen-bond donors (Lipinski definition) is 1. The standard InChI is InChI=1S/C19H22N2O2/c1-14-4-7-16(8-5-14)23-11-3-10-21-18-9-6-15(2)12-17(18)20-13-19(21)22/h4-9,12,20H,3,10-11,13H2,1-2H3. The van der Waals surface area contributed by atoms with Gasteiger partial charge in [-0.2, -0.15) is 0 Å². The van der Waals surface area contributed by atoms with Crippen LogP contribution in [0.4, 0.5) is 11.4 Å². The summed E-state index contributed by atoms with van der Waals surface area (Å²) >= 11 is 0. The Morgan fingerprint density at radius 3 is 2.61 bits per heavy atom. The van der Waals surface area contributed by atoms with E-state index >= 15 is 0 Å². The third kappa shape index (κ3) is 3.65. The van der Waals surface area contributed by atoms with Crippen LogP contribution < -0.4 is 15.0 Å². The summed E-state index contributed by atoms with van der Waals surface area (Å²) in [6.45, 7) is 5.73. The van der Waals surface area contributed by atoms with Crippen molar-refractivity contribution in [2.75, 3.05) is 29.9 Å². The molecule has 0 aromatic heterocycles. The number of anilines is 2. The molecule has 0 atom stereocenters. The van der Waals surface area contributed by atoms with E-state index in [1.54, 1.807) is 0 Å². The zero-order valence-corrected chi connectivity index (χ0v) is 13.6. The Morgan fingerprint density at radius 1 is 1.09 bits per heavy atom. The van der Waals surface area contributed by atoms with Crippen LogP contribution in [-0.4, -0.2) is 25.6 Å². The Hall–Kier alpha value is -2.49. The van der Waals surface area contributed by atoms with Crippen LogP contribution in [0.2, 0.25) is 0 Å². The fourth-order valence-electron chi connectivity index (χ4n) is 2.72. The molecule has 4 nitrogen and oxygen atoms in total. The summed E-state index contributed by atoms with van der Waals surface area (Å²) < 4.78 is 5.74. The summed E-state index contributed by atoms with van der Waals surface area (Å²) in [4.78, 5) is 14.0. The van der Waals surface area contributed by atoms with Gasteiger partial charge >= 0.3 is 0 Å². The maximum atomic E-state index is 12.2. The van der Waals surface area contributed by atoms with Crippen molar-refractivity contribution in [3.05, 3.63) is 53.6 Å². The van der Waals surface area contributed by atoms with E-state index in [2.05, 4.69) is 25.2 Å². The van der Waals surface area contributed by atoms with Crippen LogP contribution in [0.1, 0.15) is 17.5 Å². The van der Waals surface area contributed by atoms with Crippen molar-refractivity contribution < 1.29 is 9.53 Å². The normalized spacial score (nSPS) is 13.5. The molecule has 1 N–H and O–H groups in total. The molecule has 1 heterocycles. The number of benzene rings is 2. The van der Waals surface area contributed by atoms with Crippen LogP contribution in [-0.2, 0) is 4.79 Å². The minimum atomic E-state index is 0.108. The van der Waals surface area contributed by atoms with Gasteiger partial charge < -0.3 is 15.0 Å². The Morgan fingerprint density at radius 2 is 1.83 bits per heavy atom. The molecule has 1 aliphatic rings. The van der Waals surface area contributed by atoms with E-state index in [1.807, 2.05) is 41.3 Å². The summed E-state index contributed by atoms with van der Waals surface area (Å²) in [6.07, 6.45) is 0.799. The second-order valence-electron chi connectivity index (χ2n) is 5.93. The summed E-state index contributed by atoms with van der Waals surface area (Å²) in [5.74, 6) is 0.981. The Bertz CT molecular complexity index is 695. The first-order valence-electron chi connectivity index (χ1n) is 7.98. The Balaban J connectivity index is 1.57. The van der Waals surface area contributed by atoms with Crippen molar-refractivity contribution >= 4 is 17.3 Å². The van der Waals surface area contributed by atoms with Crippen molar-refractivity contribution in [1.82, 2.24) is 0 Å². The fourth-order valence-corrected chi connectivity index (χ4v) is 2.72. The number of amides is 1. The lowest BCUT2D eigenvalue weighted by Crippen LogP contribution is -2.40. The van der Waals surface area contributed by atoms with E-state index < -0.39 is 0 Å². The van der Waals surface area contributed by atoms with E-state index in [0.717, 1.165) is 23.5 Å². The lowest BCUT2D eigenvalue weighted by atomic mass is 10.1. The highest BCUT2D eigenvalue weighted by Gasteiger charge is 2.23. The van der Waals surface area contributed by atoms with E-state index in [9.17, 15) is 4.79 Å². The predicted octanol–water partition coefficient (Wildman–Crippen LogP) is 3.53. The molecule has 2 aromatic rings. The van der Waals surface area contributed by atoms with Gasteiger partial charge in [-0.3, -0.25) is 4.79 Å². The molecule has 1 amide bonds. The third-order valence-electron chi connectivity index (χ3n) is 3.99. The lowest BCUT2D eigenvalue weighted by molar-refractivity contribution is -0.117. The number of nitrogens with one attached hydrogen (secondary N) is 1. The molecule has 3 rings (SSSR count). The Kier molecular flexibility index (Phi) is 4.51. The highest BCUT2D eigenvalue weighted by molar-refractivity contribution is 6.02. The van der Waals surface area contributed by atoms with Gasteiger partial charge in [0.25, 0.3) is 0 Å². The van der Waals surface area contributed by atoms with E-state index in [4.69, 9.17) is 4.74 Å². The number of aryl methyl sites for hydroxylation is 2. The zero-order valence-electron chi connectivity index (χ0n) is 13.6. The average Bonchev–Trinajstić information content (AvgIpc) is 2.55. The minimum absolute atomic E-state index is 0.108. The first kappa shape index (κ1) is 15.4. The van der Waals surface area contributed by atoms with Crippen molar-refractivity contribution in [3.63, 3.8) is 0 Å². The van der Waals surface area contributed by atoms with Gasteiger partial charge in [-0.25, -0.2) is 0 Å². The van der Waals surface area contributed by atoms with Crippen LogP contribution in [0.3, 0.4) is 0 Å². The number of ether oxygens (including phenoxy) is 1. The Labute approximate surface area is 137 Å². The minimum Gasteiger partial charge on any atom is -0.494 e. The van der Waals surface area contributed by atoms with Crippen molar-refractivity contribution in [2.24, 2.45) is 0 Å². The number of fused-ring (bicyclic) bond motifs is 1. The van der Waals surface area contributed by atoms with Crippen molar-refractivity contribution in [3.8, 4) is 5.75 Å². The summed E-state index contributed by atoms with van der Waals surface area (Å²) in [5.41, 5.74) is 4.40.